The first-order chi connectivity index (χ1) is 14.6. The van der Waals surface area contributed by atoms with E-state index in [9.17, 15) is 4.79 Å². The Morgan fingerprint density at radius 3 is 2.43 bits per heavy atom. The van der Waals surface area contributed by atoms with Crippen molar-refractivity contribution in [2.24, 2.45) is 0 Å². The van der Waals surface area contributed by atoms with Crippen molar-refractivity contribution in [3.63, 3.8) is 0 Å². The average molecular weight is 420 g/mol. The summed E-state index contributed by atoms with van der Waals surface area (Å²) in [6.45, 7) is 4.09. The Morgan fingerprint density at radius 2 is 1.80 bits per heavy atom. The Balaban J connectivity index is 1.39. The maximum absolute atomic E-state index is 12.9. The molecule has 0 aliphatic heterocycles. The van der Waals surface area contributed by atoms with E-state index in [1.165, 1.54) is 24.6 Å². The molecular weight excluding hydrogens is 400 g/mol. The second kappa shape index (κ2) is 7.60. The van der Waals surface area contributed by atoms with Gasteiger partial charge in [-0.15, -0.1) is 10.2 Å². The fourth-order valence-electron chi connectivity index (χ4n) is 3.73. The van der Waals surface area contributed by atoms with Gasteiger partial charge in [0.1, 0.15) is 11.4 Å². The van der Waals surface area contributed by atoms with Crippen LogP contribution in [0.4, 0.5) is 0 Å². The number of carbonyl (C=O) groups excluding carboxylic acids is 1. The molecular formula is C22H20N4O3S. The summed E-state index contributed by atoms with van der Waals surface area (Å²) in [7, 11) is 0. The minimum atomic E-state index is 0.0763. The van der Waals surface area contributed by atoms with Crippen molar-refractivity contribution in [2.45, 2.75) is 37.9 Å². The van der Waals surface area contributed by atoms with Gasteiger partial charge in [0.2, 0.25) is 5.16 Å². The highest BCUT2D eigenvalue weighted by atomic mass is 32.2. The number of rotatable bonds is 7. The smallest absolute Gasteiger partial charge is 0.210 e. The van der Waals surface area contributed by atoms with E-state index in [2.05, 4.69) is 26.7 Å². The van der Waals surface area contributed by atoms with Gasteiger partial charge in [-0.25, -0.2) is 4.98 Å². The van der Waals surface area contributed by atoms with Gasteiger partial charge in [0.15, 0.2) is 5.78 Å². The van der Waals surface area contributed by atoms with Crippen LogP contribution in [0.5, 0.6) is 0 Å². The number of thioether (sulfide) groups is 1. The van der Waals surface area contributed by atoms with Gasteiger partial charge in [0.05, 0.1) is 30.8 Å². The van der Waals surface area contributed by atoms with Gasteiger partial charge in [0, 0.05) is 34.1 Å². The third-order valence-corrected chi connectivity index (χ3v) is 6.12. The van der Waals surface area contributed by atoms with E-state index < -0.39 is 0 Å². The van der Waals surface area contributed by atoms with Gasteiger partial charge < -0.3 is 13.4 Å². The lowest BCUT2D eigenvalue weighted by Gasteiger charge is -2.08. The molecule has 30 heavy (non-hydrogen) atoms. The fraction of sp³-hybridized carbons (Fsp3) is 0.273. The van der Waals surface area contributed by atoms with E-state index in [4.69, 9.17) is 8.83 Å². The van der Waals surface area contributed by atoms with Crippen LogP contribution in [0.3, 0.4) is 0 Å². The van der Waals surface area contributed by atoms with Crippen LogP contribution in [0.15, 0.2) is 57.2 Å². The number of ketones is 1. The summed E-state index contributed by atoms with van der Waals surface area (Å²) in [6.07, 6.45) is 8.76. The van der Waals surface area contributed by atoms with Crippen LogP contribution in [0.25, 0.3) is 22.5 Å². The molecule has 152 valence electrons. The minimum Gasteiger partial charge on any atom is -0.472 e. The SMILES string of the molecule is Cc1cc(C(=O)CSc2nnc(-c3ccoc3)c(-c3ccoc3)n2)c(C)n1C1CC1. The van der Waals surface area contributed by atoms with E-state index in [0.29, 0.717) is 22.6 Å². The third-order valence-electron chi connectivity index (χ3n) is 5.29. The van der Waals surface area contributed by atoms with Crippen LogP contribution >= 0.6 is 11.8 Å². The number of carbonyl (C=O) groups is 1. The van der Waals surface area contributed by atoms with E-state index in [1.54, 1.807) is 31.1 Å². The third kappa shape index (κ3) is 3.47. The lowest BCUT2D eigenvalue weighted by molar-refractivity contribution is 0.102. The van der Waals surface area contributed by atoms with E-state index in [-0.39, 0.29) is 11.5 Å². The number of hydrogen-bond donors (Lipinski definition) is 0. The van der Waals surface area contributed by atoms with Crippen molar-refractivity contribution >= 4 is 17.5 Å². The van der Waals surface area contributed by atoms with Crippen LogP contribution in [-0.2, 0) is 0 Å². The fourth-order valence-corrected chi connectivity index (χ4v) is 4.40. The predicted octanol–water partition coefficient (Wildman–Crippen LogP) is 5.12. The van der Waals surface area contributed by atoms with Crippen LogP contribution in [0.1, 0.15) is 40.6 Å². The normalized spacial score (nSPS) is 13.7. The van der Waals surface area contributed by atoms with Crippen molar-refractivity contribution in [2.75, 3.05) is 5.75 Å². The number of Topliss-reactive ketones (excluding diaryl/α,β-unsaturated/α-hetero) is 1. The molecule has 0 radical (unpaired) electrons. The zero-order valence-electron chi connectivity index (χ0n) is 16.7. The highest BCUT2D eigenvalue weighted by Gasteiger charge is 2.28. The summed E-state index contributed by atoms with van der Waals surface area (Å²) < 4.78 is 12.7. The molecule has 1 aliphatic rings. The Kier molecular flexibility index (Phi) is 4.78. The van der Waals surface area contributed by atoms with Gasteiger partial charge in [-0.2, -0.15) is 0 Å². The molecule has 4 aromatic rings. The van der Waals surface area contributed by atoms with E-state index in [0.717, 1.165) is 28.1 Å². The Bertz CT molecular complexity index is 1190. The molecule has 5 rings (SSSR count). The van der Waals surface area contributed by atoms with Crippen LogP contribution < -0.4 is 0 Å². The van der Waals surface area contributed by atoms with E-state index in [1.807, 2.05) is 19.1 Å². The first-order valence-electron chi connectivity index (χ1n) is 9.76. The molecule has 4 heterocycles. The van der Waals surface area contributed by atoms with Crippen molar-refractivity contribution in [1.82, 2.24) is 19.7 Å². The topological polar surface area (TPSA) is 86.9 Å². The molecule has 4 aromatic heterocycles. The van der Waals surface area contributed by atoms with Crippen molar-refractivity contribution in [3.8, 4) is 22.5 Å². The molecule has 1 fully saturated rings. The number of aryl methyl sites for hydroxylation is 1. The number of nitrogens with zero attached hydrogens (tertiary/aromatic N) is 4. The minimum absolute atomic E-state index is 0.0763. The quantitative estimate of drug-likeness (QED) is 0.303. The number of furan rings is 2. The highest BCUT2D eigenvalue weighted by Crippen LogP contribution is 2.38. The maximum Gasteiger partial charge on any atom is 0.210 e. The summed E-state index contributed by atoms with van der Waals surface area (Å²) in [4.78, 5) is 17.5. The number of hydrogen-bond acceptors (Lipinski definition) is 7. The lowest BCUT2D eigenvalue weighted by Crippen LogP contribution is -2.07. The number of aromatic nitrogens is 4. The Labute approximate surface area is 177 Å². The monoisotopic (exact) mass is 420 g/mol. The second-order valence-corrected chi connectivity index (χ2v) is 8.36. The van der Waals surface area contributed by atoms with Crippen LogP contribution in [0.2, 0.25) is 0 Å². The molecule has 8 heteroatoms. The van der Waals surface area contributed by atoms with Crippen LogP contribution in [-0.4, -0.2) is 31.3 Å². The molecule has 1 aliphatic carbocycles. The van der Waals surface area contributed by atoms with Gasteiger partial charge in [0.25, 0.3) is 0 Å². The summed E-state index contributed by atoms with van der Waals surface area (Å²) in [6, 6.07) is 6.18. The molecule has 0 unspecified atom stereocenters. The molecule has 0 atom stereocenters. The standard InChI is InChI=1S/C22H20N4O3S/c1-13-9-18(14(2)26(13)17-3-4-17)19(27)12-30-22-23-20(15-5-7-28-10-15)21(24-25-22)16-6-8-29-11-16/h5-11,17H,3-4,12H2,1-2H3. The first kappa shape index (κ1) is 18.9. The van der Waals surface area contributed by atoms with Crippen molar-refractivity contribution in [1.29, 1.82) is 0 Å². The zero-order chi connectivity index (χ0) is 20.7. The van der Waals surface area contributed by atoms with Gasteiger partial charge in [-0.3, -0.25) is 4.79 Å². The molecule has 0 aromatic carbocycles. The molecule has 0 spiro atoms. The second-order valence-electron chi connectivity index (χ2n) is 7.41. The average Bonchev–Trinajstić information content (AvgIpc) is 3.16. The molecule has 1 saturated carbocycles. The van der Waals surface area contributed by atoms with Gasteiger partial charge in [-0.1, -0.05) is 11.8 Å². The van der Waals surface area contributed by atoms with Crippen molar-refractivity contribution < 1.29 is 13.6 Å². The largest absolute Gasteiger partial charge is 0.472 e. The Hall–Kier alpha value is -3.13. The molecule has 0 N–H and O–H groups in total. The highest BCUT2D eigenvalue weighted by molar-refractivity contribution is 7.99. The maximum atomic E-state index is 12.9. The molecule has 7 nitrogen and oxygen atoms in total. The first-order valence-corrected chi connectivity index (χ1v) is 10.7. The molecule has 0 bridgehead atoms. The molecule has 0 saturated heterocycles. The summed E-state index contributed by atoms with van der Waals surface area (Å²) in [5.74, 6) is 0.333. The molecule has 0 amide bonds. The zero-order valence-corrected chi connectivity index (χ0v) is 17.5. The van der Waals surface area contributed by atoms with E-state index >= 15 is 0 Å². The van der Waals surface area contributed by atoms with Gasteiger partial charge in [-0.05, 0) is 44.9 Å². The van der Waals surface area contributed by atoms with Gasteiger partial charge >= 0.3 is 0 Å². The van der Waals surface area contributed by atoms with Crippen molar-refractivity contribution in [3.05, 3.63) is 60.2 Å². The lowest BCUT2D eigenvalue weighted by atomic mass is 10.1. The van der Waals surface area contributed by atoms with Crippen LogP contribution in [0, 0.1) is 13.8 Å². The predicted molar refractivity (Wildman–Crippen MR) is 112 cm³/mol. The summed E-state index contributed by atoms with van der Waals surface area (Å²) in [5.41, 5.74) is 5.80. The summed E-state index contributed by atoms with van der Waals surface area (Å²) >= 11 is 1.29. The Morgan fingerprint density at radius 1 is 1.10 bits per heavy atom. The summed E-state index contributed by atoms with van der Waals surface area (Å²) in [5, 5.41) is 9.02.